The fourth-order valence-corrected chi connectivity index (χ4v) is 3.36. The van der Waals surface area contributed by atoms with Crippen molar-refractivity contribution >= 4 is 29.6 Å². The van der Waals surface area contributed by atoms with Crippen molar-refractivity contribution in [2.24, 2.45) is 0 Å². The lowest BCUT2D eigenvalue weighted by Gasteiger charge is -2.23. The maximum Gasteiger partial charge on any atom is 0.325 e. The molecular formula is C18H25N3O3S. The molecule has 1 aliphatic rings. The molecule has 4 amide bonds. The number of benzene rings is 1. The Kier molecular flexibility index (Phi) is 6.11. The van der Waals surface area contributed by atoms with E-state index in [0.717, 1.165) is 15.4 Å². The van der Waals surface area contributed by atoms with E-state index in [-0.39, 0.29) is 24.4 Å². The van der Waals surface area contributed by atoms with Gasteiger partial charge in [0.1, 0.15) is 12.1 Å². The zero-order valence-electron chi connectivity index (χ0n) is 15.1. The van der Waals surface area contributed by atoms with Crippen LogP contribution in [0.5, 0.6) is 0 Å². The molecule has 2 N–H and O–H groups in total. The van der Waals surface area contributed by atoms with Crippen molar-refractivity contribution in [1.82, 2.24) is 15.5 Å². The summed E-state index contributed by atoms with van der Waals surface area (Å²) in [7, 11) is 0. The van der Waals surface area contributed by atoms with Crippen LogP contribution in [0.25, 0.3) is 0 Å². The zero-order chi connectivity index (χ0) is 18.6. The van der Waals surface area contributed by atoms with Crippen LogP contribution in [0.15, 0.2) is 29.2 Å². The SMILES string of the molecule is CCC1(CC)NC(=O)N(CC(=O)NC(C)c2ccc(SC)cc2)C1=O. The van der Waals surface area contributed by atoms with Crippen molar-refractivity contribution in [3.8, 4) is 0 Å². The standard InChI is InChI=1S/C18H25N3O3S/c1-5-18(6-2)16(23)21(17(24)20-18)11-15(22)19-12(3)13-7-9-14(25-4)10-8-13/h7-10,12H,5-6,11H2,1-4H3,(H,19,22)(H,20,24). The van der Waals surface area contributed by atoms with E-state index in [1.807, 2.05) is 51.3 Å². The minimum absolute atomic E-state index is 0.203. The molecule has 25 heavy (non-hydrogen) atoms. The van der Waals surface area contributed by atoms with Gasteiger partial charge in [0.15, 0.2) is 0 Å². The van der Waals surface area contributed by atoms with Crippen LogP contribution in [0.4, 0.5) is 4.79 Å². The van der Waals surface area contributed by atoms with Crippen LogP contribution < -0.4 is 10.6 Å². The quantitative estimate of drug-likeness (QED) is 0.577. The van der Waals surface area contributed by atoms with Crippen LogP contribution in [0.3, 0.4) is 0 Å². The van der Waals surface area contributed by atoms with E-state index in [1.54, 1.807) is 11.8 Å². The highest BCUT2D eigenvalue weighted by molar-refractivity contribution is 7.98. The van der Waals surface area contributed by atoms with Gasteiger partial charge in [0.05, 0.1) is 6.04 Å². The van der Waals surface area contributed by atoms with Crippen molar-refractivity contribution in [2.75, 3.05) is 12.8 Å². The Labute approximate surface area is 152 Å². The van der Waals surface area contributed by atoms with E-state index >= 15 is 0 Å². The summed E-state index contributed by atoms with van der Waals surface area (Å²) in [6, 6.07) is 7.22. The third kappa shape index (κ3) is 3.98. The number of imide groups is 1. The predicted molar refractivity (Wildman–Crippen MR) is 98.3 cm³/mol. The van der Waals surface area contributed by atoms with Crippen molar-refractivity contribution < 1.29 is 14.4 Å². The monoisotopic (exact) mass is 363 g/mol. The largest absolute Gasteiger partial charge is 0.348 e. The highest BCUT2D eigenvalue weighted by atomic mass is 32.2. The molecule has 7 heteroatoms. The third-order valence-electron chi connectivity index (χ3n) is 4.75. The van der Waals surface area contributed by atoms with Gasteiger partial charge < -0.3 is 10.6 Å². The molecule has 0 radical (unpaired) electrons. The van der Waals surface area contributed by atoms with E-state index < -0.39 is 11.6 Å². The fraction of sp³-hybridized carbons (Fsp3) is 0.500. The van der Waals surface area contributed by atoms with E-state index in [1.165, 1.54) is 0 Å². The Morgan fingerprint density at radius 3 is 2.32 bits per heavy atom. The van der Waals surface area contributed by atoms with Gasteiger partial charge in [-0.3, -0.25) is 14.5 Å². The van der Waals surface area contributed by atoms with Crippen LogP contribution in [0, 0.1) is 0 Å². The number of hydrogen-bond donors (Lipinski definition) is 2. The van der Waals surface area contributed by atoms with E-state index in [9.17, 15) is 14.4 Å². The molecule has 1 aromatic rings. The smallest absolute Gasteiger partial charge is 0.325 e. The summed E-state index contributed by atoms with van der Waals surface area (Å²) < 4.78 is 0. The molecule has 0 aromatic heterocycles. The van der Waals surface area contributed by atoms with Crippen LogP contribution in [-0.2, 0) is 9.59 Å². The first-order chi connectivity index (χ1) is 11.9. The molecule has 2 rings (SSSR count). The maximum atomic E-state index is 12.5. The predicted octanol–water partition coefficient (Wildman–Crippen LogP) is 2.70. The minimum Gasteiger partial charge on any atom is -0.348 e. The Hall–Kier alpha value is -2.02. The van der Waals surface area contributed by atoms with Gasteiger partial charge in [-0.1, -0.05) is 26.0 Å². The van der Waals surface area contributed by atoms with Gasteiger partial charge in [-0.2, -0.15) is 0 Å². The van der Waals surface area contributed by atoms with Gasteiger partial charge in [-0.15, -0.1) is 11.8 Å². The van der Waals surface area contributed by atoms with Crippen molar-refractivity contribution in [1.29, 1.82) is 0 Å². The zero-order valence-corrected chi connectivity index (χ0v) is 15.9. The van der Waals surface area contributed by atoms with Gasteiger partial charge in [-0.25, -0.2) is 4.79 Å². The lowest BCUT2D eigenvalue weighted by molar-refractivity contribution is -0.135. The third-order valence-corrected chi connectivity index (χ3v) is 5.49. The number of carbonyl (C=O) groups excluding carboxylic acids is 3. The average molecular weight is 363 g/mol. The van der Waals surface area contributed by atoms with Crippen molar-refractivity contribution in [3.05, 3.63) is 29.8 Å². The summed E-state index contributed by atoms with van der Waals surface area (Å²) in [5.41, 5.74) is 0.0937. The molecule has 1 unspecified atom stereocenters. The second-order valence-corrected chi connectivity index (χ2v) is 7.05. The first-order valence-electron chi connectivity index (χ1n) is 8.44. The van der Waals surface area contributed by atoms with Gasteiger partial charge in [-0.05, 0) is 43.7 Å². The lowest BCUT2D eigenvalue weighted by Crippen LogP contribution is -2.46. The number of urea groups is 1. The molecule has 1 aromatic carbocycles. The van der Waals surface area contributed by atoms with E-state index in [0.29, 0.717) is 12.8 Å². The summed E-state index contributed by atoms with van der Waals surface area (Å²) in [6.07, 6.45) is 3.01. The Morgan fingerprint density at radius 1 is 1.24 bits per heavy atom. The second kappa shape index (κ2) is 7.91. The van der Waals surface area contributed by atoms with Gasteiger partial charge in [0, 0.05) is 4.90 Å². The normalized spacial score (nSPS) is 17.4. The van der Waals surface area contributed by atoms with Crippen molar-refractivity contribution in [2.45, 2.75) is 50.1 Å². The van der Waals surface area contributed by atoms with Gasteiger partial charge >= 0.3 is 6.03 Å². The Morgan fingerprint density at radius 2 is 1.84 bits per heavy atom. The number of hydrogen-bond acceptors (Lipinski definition) is 4. The molecule has 6 nitrogen and oxygen atoms in total. The van der Waals surface area contributed by atoms with Crippen LogP contribution >= 0.6 is 11.8 Å². The summed E-state index contributed by atoms with van der Waals surface area (Å²) in [6.45, 7) is 5.32. The number of thioether (sulfide) groups is 1. The number of amides is 4. The molecule has 0 spiro atoms. The first-order valence-corrected chi connectivity index (χ1v) is 9.66. The molecule has 0 bridgehead atoms. The summed E-state index contributed by atoms with van der Waals surface area (Å²) >= 11 is 1.65. The van der Waals surface area contributed by atoms with Gasteiger partial charge in [0.25, 0.3) is 5.91 Å². The number of rotatable bonds is 7. The topological polar surface area (TPSA) is 78.5 Å². The van der Waals surface area contributed by atoms with E-state index in [4.69, 9.17) is 0 Å². The molecule has 0 saturated carbocycles. The highest BCUT2D eigenvalue weighted by Crippen LogP contribution is 2.25. The first kappa shape index (κ1) is 19.3. The Bertz CT molecular complexity index is 656. The average Bonchev–Trinajstić information content (AvgIpc) is 2.86. The van der Waals surface area contributed by atoms with Gasteiger partial charge in [0.2, 0.25) is 5.91 Å². The number of nitrogens with one attached hydrogen (secondary N) is 2. The molecule has 1 aliphatic heterocycles. The van der Waals surface area contributed by atoms with Crippen LogP contribution in [0.1, 0.15) is 45.2 Å². The van der Waals surface area contributed by atoms with Crippen molar-refractivity contribution in [3.63, 3.8) is 0 Å². The highest BCUT2D eigenvalue weighted by Gasteiger charge is 2.49. The summed E-state index contributed by atoms with van der Waals surface area (Å²) in [5.74, 6) is -0.678. The minimum atomic E-state index is -0.878. The molecule has 1 saturated heterocycles. The second-order valence-electron chi connectivity index (χ2n) is 6.17. The summed E-state index contributed by atoms with van der Waals surface area (Å²) in [5, 5.41) is 5.57. The molecular weight excluding hydrogens is 338 g/mol. The molecule has 1 fully saturated rings. The molecule has 136 valence electrons. The van der Waals surface area contributed by atoms with E-state index in [2.05, 4.69) is 10.6 Å². The summed E-state index contributed by atoms with van der Waals surface area (Å²) in [4.78, 5) is 39.1. The molecule has 1 heterocycles. The van der Waals surface area contributed by atoms with Crippen LogP contribution in [0.2, 0.25) is 0 Å². The fourth-order valence-electron chi connectivity index (χ4n) is 2.96. The Balaban J connectivity index is 1.99. The van der Waals surface area contributed by atoms with Crippen LogP contribution in [-0.4, -0.2) is 41.1 Å². The number of carbonyl (C=O) groups is 3. The molecule has 0 aliphatic carbocycles. The molecule has 1 atom stereocenters. The number of nitrogens with zero attached hydrogens (tertiary/aromatic N) is 1. The lowest BCUT2D eigenvalue weighted by atomic mass is 9.93. The maximum absolute atomic E-state index is 12.5.